The molecule has 0 saturated heterocycles. The van der Waals surface area contributed by atoms with Crippen molar-refractivity contribution < 1.29 is 9.59 Å². The summed E-state index contributed by atoms with van der Waals surface area (Å²) >= 11 is 2.95. The Morgan fingerprint density at radius 2 is 2.00 bits per heavy atom. The van der Waals surface area contributed by atoms with Gasteiger partial charge < -0.3 is 10.6 Å². The minimum atomic E-state index is -0.621. The third-order valence-electron chi connectivity index (χ3n) is 3.70. The Hall–Kier alpha value is -2.38. The molecule has 1 unspecified atom stereocenters. The number of amides is 2. The average molecular weight is 355 g/mol. The lowest BCUT2D eigenvalue weighted by atomic mass is 10.1. The van der Waals surface area contributed by atoms with E-state index in [1.54, 1.807) is 11.3 Å². The molecule has 0 fully saturated rings. The average Bonchev–Trinajstić information content (AvgIpc) is 3.14. The molecule has 1 aliphatic heterocycles. The smallest absolute Gasteiger partial charge is 0.251 e. The molecule has 7 heteroatoms. The van der Waals surface area contributed by atoms with E-state index < -0.39 is 6.04 Å². The number of carbonyl (C=O) groups is 2. The van der Waals surface area contributed by atoms with Crippen molar-refractivity contribution in [3.63, 3.8) is 0 Å². The zero-order valence-electron chi connectivity index (χ0n) is 12.5. The van der Waals surface area contributed by atoms with Gasteiger partial charge in [-0.2, -0.15) is 0 Å². The number of thiazole rings is 1. The molecule has 0 aliphatic carbocycles. The number of carbonyl (C=O) groups excluding carboxylic acids is 2. The number of thioether (sulfide) groups is 1. The predicted octanol–water partition coefficient (Wildman–Crippen LogP) is 3.20. The first-order valence-corrected chi connectivity index (χ1v) is 9.18. The van der Waals surface area contributed by atoms with Gasteiger partial charge >= 0.3 is 0 Å². The maximum atomic E-state index is 12.2. The van der Waals surface area contributed by atoms with E-state index in [2.05, 4.69) is 15.6 Å². The summed E-state index contributed by atoms with van der Waals surface area (Å²) in [6, 6.07) is 14.6. The van der Waals surface area contributed by atoms with Crippen LogP contribution in [0.15, 0.2) is 52.9 Å². The fourth-order valence-corrected chi connectivity index (χ4v) is 4.47. The van der Waals surface area contributed by atoms with E-state index in [0.717, 1.165) is 25.8 Å². The number of nitrogens with one attached hydrogen (secondary N) is 2. The van der Waals surface area contributed by atoms with Crippen LogP contribution in [0.5, 0.6) is 0 Å². The molecule has 2 amide bonds. The number of nitrogens with zero attached hydrogens (tertiary/aromatic N) is 1. The molecule has 1 aromatic heterocycles. The zero-order chi connectivity index (χ0) is 16.5. The van der Waals surface area contributed by atoms with Gasteiger partial charge in [0.25, 0.3) is 5.91 Å². The number of anilines is 1. The first-order valence-electron chi connectivity index (χ1n) is 7.38. The highest BCUT2D eigenvalue weighted by Crippen LogP contribution is 2.31. The summed E-state index contributed by atoms with van der Waals surface area (Å²) in [5.41, 5.74) is 2.50. The molecule has 120 valence electrons. The number of aromatic nitrogens is 1. The number of fused-ring (bicyclic) bond motifs is 2. The topological polar surface area (TPSA) is 71.1 Å². The van der Waals surface area contributed by atoms with E-state index in [9.17, 15) is 9.59 Å². The molecule has 2 N–H and O–H groups in total. The van der Waals surface area contributed by atoms with Crippen LogP contribution in [0.3, 0.4) is 0 Å². The molecule has 24 heavy (non-hydrogen) atoms. The maximum absolute atomic E-state index is 12.2. The molecule has 5 nitrogen and oxygen atoms in total. The number of para-hydroxylation sites is 2. The normalized spacial score (nSPS) is 16.0. The van der Waals surface area contributed by atoms with Crippen LogP contribution in [0.25, 0.3) is 10.2 Å². The monoisotopic (exact) mass is 355 g/mol. The van der Waals surface area contributed by atoms with Crippen LogP contribution in [0.2, 0.25) is 0 Å². The minimum Gasteiger partial charge on any atom is -0.340 e. The summed E-state index contributed by atoms with van der Waals surface area (Å²) < 4.78 is 1.95. The van der Waals surface area contributed by atoms with Crippen LogP contribution < -0.4 is 10.6 Å². The Morgan fingerprint density at radius 1 is 1.21 bits per heavy atom. The SMILES string of the molecule is O=C(CSc1nc2ccccc2s1)NC1C(=O)Nc2ccccc21. The van der Waals surface area contributed by atoms with Gasteiger partial charge in [-0.1, -0.05) is 42.1 Å². The van der Waals surface area contributed by atoms with Gasteiger partial charge in [0.1, 0.15) is 6.04 Å². The molecule has 2 heterocycles. The number of hydrogen-bond acceptors (Lipinski definition) is 5. The quantitative estimate of drug-likeness (QED) is 0.705. The third kappa shape index (κ3) is 2.88. The number of rotatable bonds is 4. The molecule has 4 rings (SSSR count). The summed E-state index contributed by atoms with van der Waals surface area (Å²) in [4.78, 5) is 28.7. The lowest BCUT2D eigenvalue weighted by Gasteiger charge is -2.10. The van der Waals surface area contributed by atoms with Crippen LogP contribution in [0, 0.1) is 0 Å². The highest BCUT2D eigenvalue weighted by molar-refractivity contribution is 8.01. The van der Waals surface area contributed by atoms with Crippen LogP contribution in [0.4, 0.5) is 5.69 Å². The Kier molecular flexibility index (Phi) is 3.95. The Bertz CT molecular complexity index is 905. The molecule has 0 bridgehead atoms. The van der Waals surface area contributed by atoms with E-state index >= 15 is 0 Å². The van der Waals surface area contributed by atoms with Crippen LogP contribution in [-0.4, -0.2) is 22.6 Å². The van der Waals surface area contributed by atoms with Gasteiger partial charge in [-0.15, -0.1) is 11.3 Å². The summed E-state index contributed by atoms with van der Waals surface area (Å²) in [5, 5.41) is 5.57. The summed E-state index contributed by atoms with van der Waals surface area (Å²) in [5.74, 6) is -0.156. The molecular formula is C17H13N3O2S2. The standard InChI is InChI=1S/C17H13N3O2S2/c21-14(9-23-17-19-12-7-3-4-8-13(12)24-17)20-15-10-5-1-2-6-11(10)18-16(15)22/h1-8,15H,9H2,(H,18,22)(H,20,21). The van der Waals surface area contributed by atoms with E-state index in [4.69, 9.17) is 0 Å². The van der Waals surface area contributed by atoms with Crippen molar-refractivity contribution in [1.82, 2.24) is 10.3 Å². The lowest BCUT2D eigenvalue weighted by molar-refractivity contribution is -0.124. The second-order valence-corrected chi connectivity index (χ2v) is 7.57. The third-order valence-corrected chi connectivity index (χ3v) is 5.88. The molecule has 0 radical (unpaired) electrons. The summed E-state index contributed by atoms with van der Waals surface area (Å²) in [6.45, 7) is 0. The Balaban J connectivity index is 1.41. The number of benzene rings is 2. The lowest BCUT2D eigenvalue weighted by Crippen LogP contribution is -2.33. The highest BCUT2D eigenvalue weighted by Gasteiger charge is 2.31. The molecule has 0 spiro atoms. The first kappa shape index (κ1) is 15.2. The fourth-order valence-electron chi connectivity index (χ4n) is 2.59. The maximum Gasteiger partial charge on any atom is 0.251 e. The van der Waals surface area contributed by atoms with E-state index in [1.807, 2.05) is 48.5 Å². The predicted molar refractivity (Wildman–Crippen MR) is 96.3 cm³/mol. The highest BCUT2D eigenvalue weighted by atomic mass is 32.2. The van der Waals surface area contributed by atoms with Crippen molar-refractivity contribution in [2.24, 2.45) is 0 Å². The van der Waals surface area contributed by atoms with Crippen molar-refractivity contribution in [2.45, 2.75) is 10.4 Å². The van der Waals surface area contributed by atoms with Crippen molar-refractivity contribution in [1.29, 1.82) is 0 Å². The van der Waals surface area contributed by atoms with Crippen molar-refractivity contribution in [3.8, 4) is 0 Å². The molecule has 2 aromatic carbocycles. The number of hydrogen-bond donors (Lipinski definition) is 2. The second kappa shape index (κ2) is 6.26. The van der Waals surface area contributed by atoms with Gasteiger partial charge in [0.2, 0.25) is 5.91 Å². The van der Waals surface area contributed by atoms with Gasteiger partial charge in [-0.25, -0.2) is 4.98 Å². The van der Waals surface area contributed by atoms with E-state index in [1.165, 1.54) is 11.8 Å². The zero-order valence-corrected chi connectivity index (χ0v) is 14.1. The molecule has 1 atom stereocenters. The molecule has 1 aliphatic rings. The first-order chi connectivity index (χ1) is 11.7. The second-order valence-electron chi connectivity index (χ2n) is 5.31. The van der Waals surface area contributed by atoms with E-state index in [-0.39, 0.29) is 17.6 Å². The van der Waals surface area contributed by atoms with Crippen molar-refractivity contribution in [2.75, 3.05) is 11.1 Å². The van der Waals surface area contributed by atoms with Gasteiger partial charge in [-0.05, 0) is 18.2 Å². The van der Waals surface area contributed by atoms with Gasteiger partial charge in [0.05, 0.1) is 16.0 Å². The molecule has 3 aromatic rings. The van der Waals surface area contributed by atoms with Gasteiger partial charge in [-0.3, -0.25) is 9.59 Å². The van der Waals surface area contributed by atoms with Crippen molar-refractivity contribution >= 4 is 50.8 Å². The van der Waals surface area contributed by atoms with E-state index in [0.29, 0.717) is 0 Å². The van der Waals surface area contributed by atoms with Crippen LogP contribution in [-0.2, 0) is 9.59 Å². The molecular weight excluding hydrogens is 342 g/mol. The van der Waals surface area contributed by atoms with Crippen molar-refractivity contribution in [3.05, 3.63) is 54.1 Å². The molecule has 0 saturated carbocycles. The Labute approximate surface area is 146 Å². The Morgan fingerprint density at radius 3 is 2.88 bits per heavy atom. The van der Waals surface area contributed by atoms with Gasteiger partial charge in [0, 0.05) is 11.3 Å². The van der Waals surface area contributed by atoms with Gasteiger partial charge in [0.15, 0.2) is 4.34 Å². The summed E-state index contributed by atoms with van der Waals surface area (Å²) in [6.07, 6.45) is 0. The van der Waals surface area contributed by atoms with Crippen LogP contribution >= 0.6 is 23.1 Å². The minimum absolute atomic E-state index is 0.184. The summed E-state index contributed by atoms with van der Waals surface area (Å²) in [7, 11) is 0. The largest absolute Gasteiger partial charge is 0.340 e. The fraction of sp³-hybridized carbons (Fsp3) is 0.118. The van der Waals surface area contributed by atoms with Crippen LogP contribution in [0.1, 0.15) is 11.6 Å².